The minimum atomic E-state index is -0.711. The quantitative estimate of drug-likeness (QED) is 0.727. The molecule has 0 saturated heterocycles. The topological polar surface area (TPSA) is 46.6 Å². The number of nitrogens with zero attached hydrogens (tertiary/aromatic N) is 1. The van der Waals surface area contributed by atoms with Crippen LogP contribution in [0.1, 0.15) is 45.7 Å². The molecule has 0 bridgehead atoms. The molecule has 0 atom stereocenters. The Morgan fingerprint density at radius 1 is 1.25 bits per heavy atom. The Kier molecular flexibility index (Phi) is 3.16. The smallest absolute Gasteiger partial charge is 0.421 e. The molecule has 1 aliphatic heterocycles. The molecule has 1 heterocycles. The van der Waals surface area contributed by atoms with Gasteiger partial charge in [-0.15, -0.1) is 0 Å². The Labute approximate surface area is 119 Å². The third-order valence-corrected chi connectivity index (χ3v) is 3.43. The Hall–Kier alpha value is -1.84. The Morgan fingerprint density at radius 3 is 2.40 bits per heavy atom. The fourth-order valence-corrected chi connectivity index (χ4v) is 2.64. The van der Waals surface area contributed by atoms with E-state index in [1.807, 2.05) is 32.9 Å². The summed E-state index contributed by atoms with van der Waals surface area (Å²) in [6, 6.07) is 5.59. The van der Waals surface area contributed by atoms with Crippen molar-refractivity contribution in [2.24, 2.45) is 0 Å². The number of imide groups is 1. The van der Waals surface area contributed by atoms with Crippen molar-refractivity contribution in [3.63, 3.8) is 0 Å². The van der Waals surface area contributed by atoms with E-state index in [0.717, 1.165) is 16.0 Å². The number of aryl methyl sites for hydroxylation is 1. The average Bonchev–Trinajstić information content (AvgIpc) is 2.45. The summed E-state index contributed by atoms with van der Waals surface area (Å²) in [7, 11) is 0. The molecule has 0 radical (unpaired) electrons. The molecule has 0 spiro atoms. The van der Waals surface area contributed by atoms with Gasteiger partial charge in [0, 0.05) is 0 Å². The fraction of sp³-hybridized carbons (Fsp3) is 0.500. The summed E-state index contributed by atoms with van der Waals surface area (Å²) >= 11 is 0. The number of ether oxygens (including phenoxy) is 1. The predicted octanol–water partition coefficient (Wildman–Crippen LogP) is 3.55. The van der Waals surface area contributed by atoms with E-state index in [9.17, 15) is 9.59 Å². The van der Waals surface area contributed by atoms with Gasteiger partial charge in [-0.1, -0.05) is 12.1 Å². The minimum Gasteiger partial charge on any atom is -0.443 e. The van der Waals surface area contributed by atoms with E-state index < -0.39 is 17.1 Å². The van der Waals surface area contributed by atoms with E-state index in [1.165, 1.54) is 0 Å². The van der Waals surface area contributed by atoms with Crippen LogP contribution in [-0.4, -0.2) is 17.6 Å². The number of benzene rings is 1. The lowest BCUT2D eigenvalue weighted by Crippen LogP contribution is -2.43. The molecular formula is C16H21NO3. The molecule has 1 aromatic rings. The van der Waals surface area contributed by atoms with Crippen LogP contribution in [0.4, 0.5) is 10.5 Å². The van der Waals surface area contributed by atoms with E-state index in [0.29, 0.717) is 5.69 Å². The second kappa shape index (κ2) is 4.33. The van der Waals surface area contributed by atoms with E-state index in [2.05, 4.69) is 0 Å². The second-order valence-corrected chi connectivity index (χ2v) is 6.71. The van der Waals surface area contributed by atoms with Crippen molar-refractivity contribution in [2.45, 2.75) is 52.6 Å². The number of carbonyl (C=O) groups is 2. The van der Waals surface area contributed by atoms with Gasteiger partial charge in [0.1, 0.15) is 5.60 Å². The van der Waals surface area contributed by atoms with E-state index in [-0.39, 0.29) is 5.91 Å². The van der Waals surface area contributed by atoms with Crippen molar-refractivity contribution >= 4 is 17.7 Å². The molecule has 4 heteroatoms. The van der Waals surface area contributed by atoms with Crippen LogP contribution < -0.4 is 4.90 Å². The summed E-state index contributed by atoms with van der Waals surface area (Å²) < 4.78 is 5.35. The van der Waals surface area contributed by atoms with Crippen LogP contribution in [0.2, 0.25) is 0 Å². The lowest BCUT2D eigenvalue weighted by atomic mass is 9.83. The molecule has 20 heavy (non-hydrogen) atoms. The highest BCUT2D eigenvalue weighted by molar-refractivity contribution is 6.21. The maximum atomic E-state index is 12.6. The SMILES string of the molecule is Cc1cccc2c1C(C)(C)C(=O)N2C(=O)OC(C)(C)C. The number of hydrogen-bond donors (Lipinski definition) is 0. The molecule has 0 saturated carbocycles. The third kappa shape index (κ3) is 2.19. The lowest BCUT2D eigenvalue weighted by molar-refractivity contribution is -0.121. The van der Waals surface area contributed by atoms with Gasteiger partial charge in [0.05, 0.1) is 11.1 Å². The van der Waals surface area contributed by atoms with Crippen molar-refractivity contribution in [2.75, 3.05) is 4.90 Å². The second-order valence-electron chi connectivity index (χ2n) is 6.71. The molecule has 2 rings (SSSR count). The predicted molar refractivity (Wildman–Crippen MR) is 77.9 cm³/mol. The van der Waals surface area contributed by atoms with Crippen LogP contribution in [0.3, 0.4) is 0 Å². The van der Waals surface area contributed by atoms with Gasteiger partial charge in [0.25, 0.3) is 0 Å². The zero-order chi connectivity index (χ0) is 15.3. The Balaban J connectivity index is 2.51. The van der Waals surface area contributed by atoms with Gasteiger partial charge in [-0.05, 0) is 58.7 Å². The lowest BCUT2D eigenvalue weighted by Gasteiger charge is -2.24. The third-order valence-electron chi connectivity index (χ3n) is 3.43. The standard InChI is InChI=1S/C16H21NO3/c1-10-8-7-9-11-12(10)16(5,6)13(18)17(11)14(19)20-15(2,3)4/h7-9H,1-6H3. The van der Waals surface area contributed by atoms with Crippen molar-refractivity contribution < 1.29 is 14.3 Å². The normalized spacial score (nSPS) is 17.1. The molecule has 4 nitrogen and oxygen atoms in total. The first-order valence-electron chi connectivity index (χ1n) is 6.73. The first-order valence-corrected chi connectivity index (χ1v) is 6.73. The van der Waals surface area contributed by atoms with Gasteiger partial charge in [-0.25, -0.2) is 9.69 Å². The van der Waals surface area contributed by atoms with Crippen molar-refractivity contribution in [3.8, 4) is 0 Å². The van der Waals surface area contributed by atoms with Gasteiger partial charge in [0.15, 0.2) is 0 Å². The molecular weight excluding hydrogens is 254 g/mol. The van der Waals surface area contributed by atoms with Crippen molar-refractivity contribution in [1.29, 1.82) is 0 Å². The molecule has 1 aromatic carbocycles. The Bertz CT molecular complexity index is 582. The van der Waals surface area contributed by atoms with Crippen molar-refractivity contribution in [1.82, 2.24) is 0 Å². The summed E-state index contributed by atoms with van der Waals surface area (Å²) in [5, 5.41) is 0. The number of amides is 2. The van der Waals surface area contributed by atoms with E-state index in [4.69, 9.17) is 4.74 Å². The van der Waals surface area contributed by atoms with Gasteiger partial charge in [-0.3, -0.25) is 4.79 Å². The van der Waals surface area contributed by atoms with E-state index in [1.54, 1.807) is 26.8 Å². The van der Waals surface area contributed by atoms with Crippen LogP contribution in [0.15, 0.2) is 18.2 Å². The number of rotatable bonds is 0. The monoisotopic (exact) mass is 275 g/mol. The highest BCUT2D eigenvalue weighted by Gasteiger charge is 2.48. The fourth-order valence-electron chi connectivity index (χ4n) is 2.64. The van der Waals surface area contributed by atoms with Gasteiger partial charge in [0.2, 0.25) is 5.91 Å². The minimum absolute atomic E-state index is 0.240. The molecule has 0 N–H and O–H groups in total. The first kappa shape index (κ1) is 14.6. The van der Waals surface area contributed by atoms with Crippen LogP contribution in [0, 0.1) is 6.92 Å². The molecule has 108 valence electrons. The molecule has 0 aliphatic carbocycles. The molecule has 1 aliphatic rings. The zero-order valence-electron chi connectivity index (χ0n) is 12.9. The van der Waals surface area contributed by atoms with Crippen LogP contribution in [0.5, 0.6) is 0 Å². The number of carbonyl (C=O) groups excluding carboxylic acids is 2. The average molecular weight is 275 g/mol. The van der Waals surface area contributed by atoms with Crippen LogP contribution >= 0.6 is 0 Å². The highest BCUT2D eigenvalue weighted by atomic mass is 16.6. The number of anilines is 1. The first-order chi connectivity index (χ1) is 9.05. The largest absolute Gasteiger partial charge is 0.443 e. The maximum absolute atomic E-state index is 12.6. The summed E-state index contributed by atoms with van der Waals surface area (Å²) in [6.45, 7) is 11.0. The summed E-state index contributed by atoms with van der Waals surface area (Å²) in [5.41, 5.74) is 1.20. The van der Waals surface area contributed by atoms with Crippen LogP contribution in [-0.2, 0) is 14.9 Å². The summed E-state index contributed by atoms with van der Waals surface area (Å²) in [4.78, 5) is 26.1. The zero-order valence-corrected chi connectivity index (χ0v) is 12.9. The van der Waals surface area contributed by atoms with Crippen molar-refractivity contribution in [3.05, 3.63) is 29.3 Å². The number of fused-ring (bicyclic) bond motifs is 1. The molecule has 0 aromatic heterocycles. The maximum Gasteiger partial charge on any atom is 0.421 e. The van der Waals surface area contributed by atoms with Gasteiger partial charge >= 0.3 is 6.09 Å². The molecule has 0 unspecified atom stereocenters. The molecule has 2 amide bonds. The Morgan fingerprint density at radius 2 is 1.85 bits per heavy atom. The van der Waals surface area contributed by atoms with Crippen LogP contribution in [0.25, 0.3) is 0 Å². The highest BCUT2D eigenvalue weighted by Crippen LogP contribution is 2.43. The molecule has 0 fully saturated rings. The van der Waals surface area contributed by atoms with E-state index >= 15 is 0 Å². The number of hydrogen-bond acceptors (Lipinski definition) is 3. The van der Waals surface area contributed by atoms with Gasteiger partial charge in [-0.2, -0.15) is 0 Å². The summed E-state index contributed by atoms with van der Waals surface area (Å²) in [6.07, 6.45) is -0.611. The summed E-state index contributed by atoms with van der Waals surface area (Å²) in [5.74, 6) is -0.240. The van der Waals surface area contributed by atoms with Gasteiger partial charge < -0.3 is 4.74 Å².